The van der Waals surface area contributed by atoms with Crippen molar-refractivity contribution in [3.05, 3.63) is 21.3 Å². The highest BCUT2D eigenvalue weighted by atomic mass is 35.5. The number of carbonyl (C=O) groups is 2. The number of nitrogens with one attached hydrogen (secondary N) is 1. The molecule has 2 atom stereocenters. The van der Waals surface area contributed by atoms with Gasteiger partial charge in [0.25, 0.3) is 0 Å². The van der Waals surface area contributed by atoms with E-state index < -0.39 is 0 Å². The molecule has 0 saturated carbocycles. The van der Waals surface area contributed by atoms with Crippen LogP contribution in [0.15, 0.2) is 12.1 Å². The van der Waals surface area contributed by atoms with Crippen molar-refractivity contribution in [3.8, 4) is 0 Å². The van der Waals surface area contributed by atoms with Crippen LogP contribution in [-0.4, -0.2) is 29.9 Å². The lowest BCUT2D eigenvalue weighted by Gasteiger charge is -2.20. The van der Waals surface area contributed by atoms with Crippen molar-refractivity contribution in [1.82, 2.24) is 10.2 Å². The molecular weight excluding hydrogens is 286 g/mol. The van der Waals surface area contributed by atoms with Gasteiger partial charge in [0.15, 0.2) is 0 Å². The number of primary amides is 1. The highest BCUT2D eigenvalue weighted by Crippen LogP contribution is 2.27. The number of urea groups is 1. The minimum absolute atomic E-state index is 0.0994. The van der Waals surface area contributed by atoms with Crippen molar-refractivity contribution in [2.75, 3.05) is 13.1 Å². The SMILES string of the molecule is CC(NC(=O)N1CCC(C(N)=O)C1)c1ccc(Cl)s1. The molecule has 104 valence electrons. The number of carbonyl (C=O) groups excluding carboxylic acids is 2. The Morgan fingerprint density at radius 2 is 2.32 bits per heavy atom. The Hall–Kier alpha value is -1.27. The second-order valence-corrected chi connectivity index (χ2v) is 6.39. The van der Waals surface area contributed by atoms with E-state index in [1.165, 1.54) is 11.3 Å². The number of nitrogens with zero attached hydrogens (tertiary/aromatic N) is 1. The van der Waals surface area contributed by atoms with Gasteiger partial charge in [0.1, 0.15) is 0 Å². The number of hydrogen-bond donors (Lipinski definition) is 2. The van der Waals surface area contributed by atoms with Crippen LogP contribution in [0.5, 0.6) is 0 Å². The number of rotatable bonds is 3. The molecule has 0 radical (unpaired) electrons. The summed E-state index contributed by atoms with van der Waals surface area (Å²) in [4.78, 5) is 25.7. The zero-order valence-corrected chi connectivity index (χ0v) is 12.1. The fourth-order valence-corrected chi connectivity index (χ4v) is 3.15. The van der Waals surface area contributed by atoms with Crippen LogP contribution >= 0.6 is 22.9 Å². The number of hydrogen-bond acceptors (Lipinski definition) is 3. The third kappa shape index (κ3) is 3.39. The van der Waals surface area contributed by atoms with Gasteiger partial charge in [0.2, 0.25) is 5.91 Å². The summed E-state index contributed by atoms with van der Waals surface area (Å²) >= 11 is 7.31. The molecule has 2 unspecified atom stereocenters. The summed E-state index contributed by atoms with van der Waals surface area (Å²) in [5, 5.41) is 2.90. The van der Waals surface area contributed by atoms with Crippen molar-refractivity contribution < 1.29 is 9.59 Å². The van der Waals surface area contributed by atoms with Crippen LogP contribution in [0.25, 0.3) is 0 Å². The Bertz CT molecular complexity index is 491. The van der Waals surface area contributed by atoms with Gasteiger partial charge in [-0.3, -0.25) is 4.79 Å². The van der Waals surface area contributed by atoms with E-state index in [-0.39, 0.29) is 23.9 Å². The maximum atomic E-state index is 12.0. The molecule has 1 aromatic rings. The minimum atomic E-state index is -0.339. The highest BCUT2D eigenvalue weighted by molar-refractivity contribution is 7.16. The molecule has 2 heterocycles. The van der Waals surface area contributed by atoms with Crippen LogP contribution in [0.3, 0.4) is 0 Å². The molecular formula is C12H16ClN3O2S. The average molecular weight is 302 g/mol. The molecule has 5 nitrogen and oxygen atoms in total. The number of nitrogens with two attached hydrogens (primary N) is 1. The van der Waals surface area contributed by atoms with E-state index in [4.69, 9.17) is 17.3 Å². The summed E-state index contributed by atoms with van der Waals surface area (Å²) in [6.45, 7) is 2.87. The standard InChI is InChI=1S/C12H16ClN3O2S/c1-7(9-2-3-10(13)19-9)15-12(18)16-5-4-8(6-16)11(14)17/h2-3,7-8H,4-6H2,1H3,(H2,14,17)(H,15,18). The van der Waals surface area contributed by atoms with Crippen LogP contribution in [0.2, 0.25) is 4.34 Å². The van der Waals surface area contributed by atoms with Gasteiger partial charge in [-0.15, -0.1) is 11.3 Å². The summed E-state index contributed by atoms with van der Waals surface area (Å²) in [7, 11) is 0. The van der Waals surface area contributed by atoms with Crippen molar-refractivity contribution in [1.29, 1.82) is 0 Å². The lowest BCUT2D eigenvalue weighted by Crippen LogP contribution is -2.40. The molecule has 1 saturated heterocycles. The van der Waals surface area contributed by atoms with E-state index in [0.717, 1.165) is 4.88 Å². The Kier molecular flexibility index (Phi) is 4.31. The van der Waals surface area contributed by atoms with E-state index in [1.54, 1.807) is 4.90 Å². The molecule has 1 fully saturated rings. The summed E-state index contributed by atoms with van der Waals surface area (Å²) < 4.78 is 0.700. The monoisotopic (exact) mass is 301 g/mol. The number of amides is 3. The molecule has 0 bridgehead atoms. The molecule has 7 heteroatoms. The fraction of sp³-hybridized carbons (Fsp3) is 0.500. The molecule has 0 spiro atoms. The van der Waals surface area contributed by atoms with Crippen LogP contribution in [0, 0.1) is 5.92 Å². The van der Waals surface area contributed by atoms with Crippen molar-refractivity contribution in [3.63, 3.8) is 0 Å². The summed E-state index contributed by atoms with van der Waals surface area (Å²) in [5.74, 6) is -0.564. The van der Waals surface area contributed by atoms with E-state index in [9.17, 15) is 9.59 Å². The molecule has 1 aliphatic rings. The molecule has 19 heavy (non-hydrogen) atoms. The molecule has 1 aliphatic heterocycles. The third-order valence-electron chi connectivity index (χ3n) is 3.24. The predicted octanol–water partition coefficient (Wildman–Crippen LogP) is 1.98. The number of likely N-dealkylation sites (tertiary alicyclic amines) is 1. The second kappa shape index (κ2) is 5.79. The zero-order valence-electron chi connectivity index (χ0n) is 10.6. The maximum Gasteiger partial charge on any atom is 0.317 e. The Balaban J connectivity index is 1.89. The lowest BCUT2D eigenvalue weighted by molar-refractivity contribution is -0.121. The first-order chi connectivity index (χ1) is 8.97. The minimum Gasteiger partial charge on any atom is -0.369 e. The largest absolute Gasteiger partial charge is 0.369 e. The van der Waals surface area contributed by atoms with Crippen LogP contribution in [0.1, 0.15) is 24.3 Å². The summed E-state index contributed by atoms with van der Waals surface area (Å²) in [5.41, 5.74) is 5.24. The van der Waals surface area contributed by atoms with Gasteiger partial charge in [0.05, 0.1) is 16.3 Å². The van der Waals surface area contributed by atoms with Crippen LogP contribution in [-0.2, 0) is 4.79 Å². The fourth-order valence-electron chi connectivity index (χ4n) is 2.09. The summed E-state index contributed by atoms with van der Waals surface area (Å²) in [6, 6.07) is 3.44. The third-order valence-corrected chi connectivity index (χ3v) is 4.65. The average Bonchev–Trinajstić information content (AvgIpc) is 2.96. The quantitative estimate of drug-likeness (QED) is 0.895. The molecule has 2 rings (SSSR count). The zero-order chi connectivity index (χ0) is 14.0. The first-order valence-corrected chi connectivity index (χ1v) is 7.27. The van der Waals surface area contributed by atoms with Crippen molar-refractivity contribution in [2.24, 2.45) is 11.7 Å². The summed E-state index contributed by atoms with van der Waals surface area (Å²) in [6.07, 6.45) is 0.641. The molecule has 3 N–H and O–H groups in total. The second-order valence-electron chi connectivity index (χ2n) is 4.65. The normalized spacial score (nSPS) is 20.3. The Labute approximate surface area is 120 Å². The molecule has 1 aromatic heterocycles. The van der Waals surface area contributed by atoms with Gasteiger partial charge in [-0.05, 0) is 25.5 Å². The number of halogens is 1. The van der Waals surface area contributed by atoms with Gasteiger partial charge in [-0.1, -0.05) is 11.6 Å². The Morgan fingerprint density at radius 1 is 1.58 bits per heavy atom. The molecule has 3 amide bonds. The van der Waals surface area contributed by atoms with Gasteiger partial charge < -0.3 is 16.0 Å². The lowest BCUT2D eigenvalue weighted by atomic mass is 10.1. The van der Waals surface area contributed by atoms with E-state index in [1.807, 2.05) is 19.1 Å². The van der Waals surface area contributed by atoms with Crippen molar-refractivity contribution >= 4 is 34.9 Å². The van der Waals surface area contributed by atoms with Gasteiger partial charge in [-0.25, -0.2) is 4.79 Å². The first kappa shape index (κ1) is 14.1. The van der Waals surface area contributed by atoms with Gasteiger partial charge in [0, 0.05) is 18.0 Å². The Morgan fingerprint density at radius 3 is 2.84 bits per heavy atom. The topological polar surface area (TPSA) is 75.4 Å². The van der Waals surface area contributed by atoms with Gasteiger partial charge >= 0.3 is 6.03 Å². The van der Waals surface area contributed by atoms with Gasteiger partial charge in [-0.2, -0.15) is 0 Å². The van der Waals surface area contributed by atoms with Crippen molar-refractivity contribution in [2.45, 2.75) is 19.4 Å². The number of thiophene rings is 1. The molecule has 0 aliphatic carbocycles. The van der Waals surface area contributed by atoms with E-state index >= 15 is 0 Å². The molecule has 0 aromatic carbocycles. The van der Waals surface area contributed by atoms with Crippen LogP contribution < -0.4 is 11.1 Å². The smallest absolute Gasteiger partial charge is 0.317 e. The first-order valence-electron chi connectivity index (χ1n) is 6.07. The highest BCUT2D eigenvalue weighted by Gasteiger charge is 2.30. The van der Waals surface area contributed by atoms with E-state index in [0.29, 0.717) is 23.8 Å². The van der Waals surface area contributed by atoms with E-state index in [2.05, 4.69) is 5.32 Å². The van der Waals surface area contributed by atoms with Crippen LogP contribution in [0.4, 0.5) is 4.79 Å². The predicted molar refractivity (Wildman–Crippen MR) is 75.2 cm³/mol. The maximum absolute atomic E-state index is 12.0.